The van der Waals surface area contributed by atoms with Crippen molar-refractivity contribution < 1.29 is 27.5 Å². The van der Waals surface area contributed by atoms with Gasteiger partial charge in [-0.3, -0.25) is 4.79 Å². The Labute approximate surface area is 207 Å². The molecule has 4 rings (SSSR count). The van der Waals surface area contributed by atoms with Crippen LogP contribution in [0.15, 0.2) is 66.7 Å². The van der Waals surface area contributed by atoms with Crippen LogP contribution < -0.4 is 15.0 Å². The van der Waals surface area contributed by atoms with E-state index in [1.165, 1.54) is 24.0 Å². The first-order valence-corrected chi connectivity index (χ1v) is 11.4. The molecule has 0 saturated heterocycles. The van der Waals surface area contributed by atoms with Crippen molar-refractivity contribution >= 4 is 23.3 Å². The summed E-state index contributed by atoms with van der Waals surface area (Å²) in [6.45, 7) is 4.53. The van der Waals surface area contributed by atoms with Crippen LogP contribution in [0, 0.1) is 6.92 Å². The predicted molar refractivity (Wildman–Crippen MR) is 131 cm³/mol. The fourth-order valence-electron chi connectivity index (χ4n) is 3.99. The zero-order chi connectivity index (χ0) is 25.9. The Kier molecular flexibility index (Phi) is 7.19. The van der Waals surface area contributed by atoms with Gasteiger partial charge in [-0.25, -0.2) is 4.79 Å². The number of carbonyl (C=O) groups is 2. The molecule has 188 valence electrons. The first-order valence-electron chi connectivity index (χ1n) is 11.4. The molecular formula is C27H26F3N3O3. The first kappa shape index (κ1) is 25.1. The van der Waals surface area contributed by atoms with Gasteiger partial charge < -0.3 is 19.9 Å². The zero-order valence-electron chi connectivity index (χ0n) is 19.9. The molecule has 6 nitrogen and oxygen atoms in total. The molecule has 1 heterocycles. The van der Waals surface area contributed by atoms with E-state index in [4.69, 9.17) is 4.74 Å². The summed E-state index contributed by atoms with van der Waals surface area (Å²) in [7, 11) is 0. The Morgan fingerprint density at radius 2 is 1.81 bits per heavy atom. The number of carbonyl (C=O) groups excluding carboxylic acids is 2. The SMILES string of the molecule is CC(=O)N(Cc1ccc2c(c1)CN(C(=O)Nc1cccc(C(F)(F)F)c1)CCO2)c1ccc(C)cc1. The van der Waals surface area contributed by atoms with Crippen molar-refractivity contribution in [2.75, 3.05) is 23.4 Å². The molecule has 3 amide bonds. The number of fused-ring (bicyclic) bond motifs is 1. The van der Waals surface area contributed by atoms with Crippen LogP contribution >= 0.6 is 0 Å². The average Bonchev–Trinajstić information content (AvgIpc) is 3.05. The summed E-state index contributed by atoms with van der Waals surface area (Å²) in [5.74, 6) is 0.518. The maximum Gasteiger partial charge on any atom is 0.416 e. The van der Waals surface area contributed by atoms with E-state index in [1.807, 2.05) is 49.4 Å². The third-order valence-corrected chi connectivity index (χ3v) is 5.90. The Balaban J connectivity index is 1.51. The number of amides is 3. The lowest BCUT2D eigenvalue weighted by atomic mass is 10.1. The topological polar surface area (TPSA) is 61.9 Å². The minimum atomic E-state index is -4.50. The zero-order valence-corrected chi connectivity index (χ0v) is 19.9. The highest BCUT2D eigenvalue weighted by Crippen LogP contribution is 2.31. The van der Waals surface area contributed by atoms with E-state index in [0.717, 1.165) is 34.5 Å². The van der Waals surface area contributed by atoms with Crippen LogP contribution in [0.4, 0.5) is 29.3 Å². The summed E-state index contributed by atoms with van der Waals surface area (Å²) in [5, 5.41) is 2.55. The van der Waals surface area contributed by atoms with Gasteiger partial charge in [0.2, 0.25) is 5.91 Å². The van der Waals surface area contributed by atoms with Crippen molar-refractivity contribution in [1.82, 2.24) is 4.90 Å². The second kappa shape index (κ2) is 10.3. The molecule has 0 spiro atoms. The highest BCUT2D eigenvalue weighted by Gasteiger charge is 2.30. The van der Waals surface area contributed by atoms with Crippen molar-refractivity contribution in [2.24, 2.45) is 0 Å². The molecule has 1 aliphatic heterocycles. The average molecular weight is 498 g/mol. The van der Waals surface area contributed by atoms with Crippen molar-refractivity contribution in [3.05, 3.63) is 89.0 Å². The van der Waals surface area contributed by atoms with Crippen molar-refractivity contribution in [3.8, 4) is 5.75 Å². The number of rotatable bonds is 4. The lowest BCUT2D eigenvalue weighted by Gasteiger charge is -2.23. The largest absolute Gasteiger partial charge is 0.491 e. The molecule has 1 N–H and O–H groups in total. The quantitative estimate of drug-likeness (QED) is 0.482. The Bertz CT molecular complexity index is 1260. The predicted octanol–water partition coefficient (Wildman–Crippen LogP) is 5.99. The molecule has 0 aromatic heterocycles. The molecule has 0 atom stereocenters. The number of nitrogens with zero attached hydrogens (tertiary/aromatic N) is 2. The Hall–Kier alpha value is -4.01. The van der Waals surface area contributed by atoms with Crippen LogP contribution in [0.1, 0.15) is 29.2 Å². The van der Waals surface area contributed by atoms with Gasteiger partial charge in [0.1, 0.15) is 12.4 Å². The second-order valence-corrected chi connectivity index (χ2v) is 8.66. The fourth-order valence-corrected chi connectivity index (χ4v) is 3.99. The molecule has 3 aromatic rings. The lowest BCUT2D eigenvalue weighted by Crippen LogP contribution is -2.36. The van der Waals surface area contributed by atoms with Gasteiger partial charge in [0.05, 0.1) is 25.2 Å². The second-order valence-electron chi connectivity index (χ2n) is 8.66. The minimum absolute atomic E-state index is 0.0594. The Morgan fingerprint density at radius 1 is 1.06 bits per heavy atom. The van der Waals surface area contributed by atoms with E-state index in [2.05, 4.69) is 5.32 Å². The summed E-state index contributed by atoms with van der Waals surface area (Å²) < 4.78 is 44.9. The number of nitrogens with one attached hydrogen (secondary N) is 1. The maximum atomic E-state index is 13.0. The molecule has 0 aliphatic carbocycles. The minimum Gasteiger partial charge on any atom is -0.491 e. The van der Waals surface area contributed by atoms with Crippen LogP contribution in [0.2, 0.25) is 0 Å². The number of hydrogen-bond acceptors (Lipinski definition) is 3. The van der Waals surface area contributed by atoms with Gasteiger partial charge in [-0.2, -0.15) is 13.2 Å². The van der Waals surface area contributed by atoms with Crippen LogP contribution in [0.3, 0.4) is 0 Å². The van der Waals surface area contributed by atoms with Crippen LogP contribution in [-0.2, 0) is 24.1 Å². The molecule has 0 radical (unpaired) electrons. The van der Waals surface area contributed by atoms with Gasteiger partial charge in [-0.1, -0.05) is 29.8 Å². The number of anilines is 2. The summed E-state index contributed by atoms with van der Waals surface area (Å²) in [6, 6.07) is 17.2. The summed E-state index contributed by atoms with van der Waals surface area (Å²) in [4.78, 5) is 28.4. The number of ether oxygens (including phenoxy) is 1. The third kappa shape index (κ3) is 5.97. The fraction of sp³-hybridized carbons (Fsp3) is 0.259. The van der Waals surface area contributed by atoms with E-state index < -0.39 is 17.8 Å². The monoisotopic (exact) mass is 497 g/mol. The van der Waals surface area contributed by atoms with E-state index in [9.17, 15) is 22.8 Å². The molecule has 3 aromatic carbocycles. The summed E-state index contributed by atoms with van der Waals surface area (Å²) in [5.41, 5.74) is 2.70. The first-order chi connectivity index (χ1) is 17.1. The molecule has 0 bridgehead atoms. The molecular weight excluding hydrogens is 471 g/mol. The van der Waals surface area contributed by atoms with E-state index >= 15 is 0 Å². The van der Waals surface area contributed by atoms with Gasteiger partial charge in [0.25, 0.3) is 0 Å². The lowest BCUT2D eigenvalue weighted by molar-refractivity contribution is -0.137. The van der Waals surface area contributed by atoms with Gasteiger partial charge in [0.15, 0.2) is 0 Å². The molecule has 9 heteroatoms. The normalized spacial score (nSPS) is 13.3. The van der Waals surface area contributed by atoms with Crippen molar-refractivity contribution in [2.45, 2.75) is 33.1 Å². The summed E-state index contributed by atoms with van der Waals surface area (Å²) >= 11 is 0. The van der Waals surface area contributed by atoms with Gasteiger partial charge in [-0.05, 0) is 55.0 Å². The number of aryl methyl sites for hydroxylation is 1. The smallest absolute Gasteiger partial charge is 0.416 e. The standard InChI is InChI=1S/C27H26F3N3O3/c1-18-6-9-24(10-7-18)33(19(2)34)16-20-8-11-25-21(14-20)17-32(12-13-36-25)26(35)31-23-5-3-4-22(15-23)27(28,29)30/h3-11,14-15H,12-13,16-17H2,1-2H3,(H,31,35). The van der Waals surface area contributed by atoms with Gasteiger partial charge in [0, 0.05) is 23.9 Å². The molecule has 1 aliphatic rings. The number of benzene rings is 3. The number of halogens is 3. The van der Waals surface area contributed by atoms with E-state index in [0.29, 0.717) is 12.3 Å². The molecule has 0 fully saturated rings. The van der Waals surface area contributed by atoms with Crippen molar-refractivity contribution in [1.29, 1.82) is 0 Å². The third-order valence-electron chi connectivity index (χ3n) is 5.90. The summed E-state index contributed by atoms with van der Waals surface area (Å²) in [6.07, 6.45) is -4.50. The molecule has 36 heavy (non-hydrogen) atoms. The highest BCUT2D eigenvalue weighted by atomic mass is 19.4. The van der Waals surface area contributed by atoms with Gasteiger partial charge in [-0.15, -0.1) is 0 Å². The number of urea groups is 1. The number of alkyl halides is 3. The van der Waals surface area contributed by atoms with Crippen LogP contribution in [0.25, 0.3) is 0 Å². The maximum absolute atomic E-state index is 13.0. The number of hydrogen-bond donors (Lipinski definition) is 1. The van der Waals surface area contributed by atoms with Crippen LogP contribution in [0.5, 0.6) is 5.75 Å². The van der Waals surface area contributed by atoms with Crippen molar-refractivity contribution in [3.63, 3.8) is 0 Å². The van der Waals surface area contributed by atoms with E-state index in [-0.39, 0.29) is 31.3 Å². The molecule has 0 saturated carbocycles. The highest BCUT2D eigenvalue weighted by molar-refractivity contribution is 5.91. The molecule has 0 unspecified atom stereocenters. The van der Waals surface area contributed by atoms with E-state index in [1.54, 1.807) is 4.90 Å². The Morgan fingerprint density at radius 3 is 2.50 bits per heavy atom. The van der Waals surface area contributed by atoms with Gasteiger partial charge >= 0.3 is 12.2 Å². The van der Waals surface area contributed by atoms with Crippen LogP contribution in [-0.4, -0.2) is 30.0 Å².